The van der Waals surface area contributed by atoms with Crippen LogP contribution >= 0.6 is 11.3 Å². The van der Waals surface area contributed by atoms with Crippen LogP contribution in [0.5, 0.6) is 0 Å². The van der Waals surface area contributed by atoms with E-state index in [-0.39, 0.29) is 0 Å². The van der Waals surface area contributed by atoms with Crippen molar-refractivity contribution in [2.45, 2.75) is 38.8 Å². The number of anilines is 1. The van der Waals surface area contributed by atoms with Gasteiger partial charge in [-0.1, -0.05) is 0 Å². The highest BCUT2D eigenvalue weighted by atomic mass is 32.1. The molecular formula is C13H23N3OS. The van der Waals surface area contributed by atoms with Gasteiger partial charge < -0.3 is 15.0 Å². The van der Waals surface area contributed by atoms with Crippen molar-refractivity contribution in [3.05, 3.63) is 11.1 Å². The van der Waals surface area contributed by atoms with Gasteiger partial charge in [0, 0.05) is 36.8 Å². The van der Waals surface area contributed by atoms with E-state index in [2.05, 4.69) is 29.0 Å². The zero-order valence-electron chi connectivity index (χ0n) is 11.5. The summed E-state index contributed by atoms with van der Waals surface area (Å²) in [6, 6.07) is 0.378. The SMILES string of the molecule is CCOC1CCCN(c2ncc(C(C)NC)s2)C1. The number of nitrogens with one attached hydrogen (secondary N) is 1. The maximum Gasteiger partial charge on any atom is 0.185 e. The standard InChI is InChI=1S/C13H23N3OS/c1-4-17-11-6-5-7-16(9-11)13-15-8-12(18-13)10(2)14-3/h8,10-11,14H,4-7,9H2,1-3H3. The van der Waals surface area contributed by atoms with Gasteiger partial charge in [0.15, 0.2) is 5.13 Å². The molecule has 0 amide bonds. The third-order valence-electron chi connectivity index (χ3n) is 3.42. The summed E-state index contributed by atoms with van der Waals surface area (Å²) >= 11 is 1.79. The predicted molar refractivity (Wildman–Crippen MR) is 76.4 cm³/mol. The molecule has 5 heteroatoms. The van der Waals surface area contributed by atoms with Gasteiger partial charge in [0.1, 0.15) is 0 Å². The molecule has 0 bridgehead atoms. The number of hydrogen-bond donors (Lipinski definition) is 1. The minimum absolute atomic E-state index is 0.373. The Labute approximate surface area is 113 Å². The summed E-state index contributed by atoms with van der Waals surface area (Å²) in [5.74, 6) is 0. The predicted octanol–water partition coefficient (Wildman–Crippen LogP) is 2.43. The Balaban J connectivity index is 2.00. The number of rotatable bonds is 5. The monoisotopic (exact) mass is 269 g/mol. The summed E-state index contributed by atoms with van der Waals surface area (Å²) in [7, 11) is 1.98. The molecule has 0 aromatic carbocycles. The molecule has 1 saturated heterocycles. The summed E-state index contributed by atoms with van der Waals surface area (Å²) in [6.45, 7) is 7.11. The molecule has 1 aromatic rings. The molecule has 1 fully saturated rings. The molecule has 2 unspecified atom stereocenters. The van der Waals surface area contributed by atoms with E-state index in [1.54, 1.807) is 11.3 Å². The summed E-state index contributed by atoms with van der Waals surface area (Å²) in [6.07, 6.45) is 4.74. The van der Waals surface area contributed by atoms with Crippen LogP contribution in [-0.4, -0.2) is 37.8 Å². The molecule has 2 atom stereocenters. The van der Waals surface area contributed by atoms with Gasteiger partial charge in [-0.3, -0.25) is 0 Å². The van der Waals surface area contributed by atoms with Gasteiger partial charge in [-0.25, -0.2) is 4.98 Å². The Hall–Kier alpha value is -0.650. The largest absolute Gasteiger partial charge is 0.377 e. The molecule has 1 aliphatic rings. The normalized spacial score (nSPS) is 22.2. The highest BCUT2D eigenvalue weighted by Gasteiger charge is 2.22. The van der Waals surface area contributed by atoms with Crippen molar-refractivity contribution < 1.29 is 4.74 Å². The Bertz CT molecular complexity index is 367. The maximum atomic E-state index is 5.73. The van der Waals surface area contributed by atoms with Crippen molar-refractivity contribution in [2.24, 2.45) is 0 Å². The number of piperidine rings is 1. The lowest BCUT2D eigenvalue weighted by molar-refractivity contribution is 0.0526. The van der Waals surface area contributed by atoms with Crippen LogP contribution in [0.1, 0.15) is 37.6 Å². The molecular weight excluding hydrogens is 246 g/mol. The molecule has 1 aliphatic heterocycles. The van der Waals surface area contributed by atoms with Crippen LogP contribution in [0.3, 0.4) is 0 Å². The Morgan fingerprint density at radius 2 is 2.50 bits per heavy atom. The zero-order chi connectivity index (χ0) is 13.0. The lowest BCUT2D eigenvalue weighted by Gasteiger charge is -2.32. The molecule has 4 nitrogen and oxygen atoms in total. The van der Waals surface area contributed by atoms with E-state index in [4.69, 9.17) is 4.74 Å². The second-order valence-corrected chi connectivity index (χ2v) is 5.76. The smallest absolute Gasteiger partial charge is 0.185 e. The van der Waals surface area contributed by atoms with E-state index in [1.807, 2.05) is 13.2 Å². The van der Waals surface area contributed by atoms with Gasteiger partial charge in [-0.05, 0) is 33.7 Å². The highest BCUT2D eigenvalue weighted by molar-refractivity contribution is 7.15. The van der Waals surface area contributed by atoms with Crippen molar-refractivity contribution in [1.29, 1.82) is 0 Å². The van der Waals surface area contributed by atoms with Gasteiger partial charge in [0.2, 0.25) is 0 Å². The quantitative estimate of drug-likeness (QED) is 0.891. The first kappa shape index (κ1) is 13.8. The third-order valence-corrected chi connectivity index (χ3v) is 4.66. The van der Waals surface area contributed by atoms with E-state index in [9.17, 15) is 0 Å². The van der Waals surface area contributed by atoms with Gasteiger partial charge in [0.05, 0.1) is 6.10 Å². The Morgan fingerprint density at radius 3 is 3.22 bits per heavy atom. The molecule has 0 radical (unpaired) electrons. The molecule has 0 spiro atoms. The first-order chi connectivity index (χ1) is 8.74. The summed E-state index contributed by atoms with van der Waals surface area (Å²) in [5, 5.41) is 4.39. The fraction of sp³-hybridized carbons (Fsp3) is 0.769. The van der Waals surface area contributed by atoms with Crippen molar-refractivity contribution in [3.8, 4) is 0 Å². The summed E-state index contributed by atoms with van der Waals surface area (Å²) < 4.78 is 5.73. The summed E-state index contributed by atoms with van der Waals surface area (Å²) in [5.41, 5.74) is 0. The minimum atomic E-state index is 0.373. The van der Waals surface area contributed by atoms with Crippen LogP contribution in [0.25, 0.3) is 0 Å². The average Bonchev–Trinajstić information content (AvgIpc) is 2.88. The van der Waals surface area contributed by atoms with Crippen LogP contribution in [0.4, 0.5) is 5.13 Å². The zero-order valence-corrected chi connectivity index (χ0v) is 12.3. The number of hydrogen-bond acceptors (Lipinski definition) is 5. The molecule has 0 aliphatic carbocycles. The van der Waals surface area contributed by atoms with Crippen molar-refractivity contribution in [1.82, 2.24) is 10.3 Å². The fourth-order valence-corrected chi connectivity index (χ4v) is 3.26. The molecule has 2 heterocycles. The first-order valence-electron chi connectivity index (χ1n) is 6.74. The Kier molecular flexibility index (Phi) is 4.97. The average molecular weight is 269 g/mol. The second-order valence-electron chi connectivity index (χ2n) is 4.72. The number of ether oxygens (including phenoxy) is 1. The van der Waals surface area contributed by atoms with Crippen LogP contribution in [-0.2, 0) is 4.74 Å². The van der Waals surface area contributed by atoms with Gasteiger partial charge in [-0.15, -0.1) is 11.3 Å². The van der Waals surface area contributed by atoms with E-state index < -0.39 is 0 Å². The molecule has 1 aromatic heterocycles. The van der Waals surface area contributed by atoms with Crippen LogP contribution < -0.4 is 10.2 Å². The van der Waals surface area contributed by atoms with Gasteiger partial charge in [0.25, 0.3) is 0 Å². The van der Waals surface area contributed by atoms with E-state index >= 15 is 0 Å². The van der Waals surface area contributed by atoms with Crippen LogP contribution in [0.15, 0.2) is 6.20 Å². The molecule has 18 heavy (non-hydrogen) atoms. The Morgan fingerprint density at radius 1 is 1.67 bits per heavy atom. The number of nitrogens with zero attached hydrogens (tertiary/aromatic N) is 2. The van der Waals surface area contributed by atoms with Gasteiger partial charge >= 0.3 is 0 Å². The molecule has 102 valence electrons. The lowest BCUT2D eigenvalue weighted by atomic mass is 10.1. The lowest BCUT2D eigenvalue weighted by Crippen LogP contribution is -2.39. The van der Waals surface area contributed by atoms with E-state index in [0.717, 1.165) is 24.8 Å². The summed E-state index contributed by atoms with van der Waals surface area (Å²) in [4.78, 5) is 8.21. The number of aromatic nitrogens is 1. The topological polar surface area (TPSA) is 37.4 Å². The fourth-order valence-electron chi connectivity index (χ4n) is 2.25. The van der Waals surface area contributed by atoms with E-state index in [1.165, 1.54) is 17.7 Å². The molecule has 2 rings (SSSR count). The van der Waals surface area contributed by atoms with Crippen LogP contribution in [0, 0.1) is 0 Å². The van der Waals surface area contributed by atoms with Crippen molar-refractivity contribution in [3.63, 3.8) is 0 Å². The highest BCUT2D eigenvalue weighted by Crippen LogP contribution is 2.29. The first-order valence-corrected chi connectivity index (χ1v) is 7.55. The van der Waals surface area contributed by atoms with Gasteiger partial charge in [-0.2, -0.15) is 0 Å². The number of thiazole rings is 1. The minimum Gasteiger partial charge on any atom is -0.377 e. The van der Waals surface area contributed by atoms with E-state index in [0.29, 0.717) is 12.1 Å². The maximum absolute atomic E-state index is 5.73. The molecule has 0 saturated carbocycles. The van der Waals surface area contributed by atoms with Crippen molar-refractivity contribution in [2.75, 3.05) is 31.6 Å². The van der Waals surface area contributed by atoms with Crippen LogP contribution in [0.2, 0.25) is 0 Å². The van der Waals surface area contributed by atoms with Crippen molar-refractivity contribution >= 4 is 16.5 Å². The second kappa shape index (κ2) is 6.50. The molecule has 1 N–H and O–H groups in total. The third kappa shape index (κ3) is 3.22.